The number of rotatable bonds is 5. The zero-order chi connectivity index (χ0) is 15.8. The number of hydrogen-bond donors (Lipinski definition) is 3. The van der Waals surface area contributed by atoms with Crippen molar-refractivity contribution < 1.29 is 9.90 Å². The Balaban J connectivity index is 0.000000315. The molecule has 1 aromatic carbocycles. The number of unbranched alkanes of at least 4 members (excludes halogenated alkanes) is 1. The fourth-order valence-electron chi connectivity index (χ4n) is 2.07. The van der Waals surface area contributed by atoms with Gasteiger partial charge in [0.1, 0.15) is 11.5 Å². The summed E-state index contributed by atoms with van der Waals surface area (Å²) in [6.07, 6.45) is 4.33. The zero-order valence-electron chi connectivity index (χ0n) is 12.6. The fourth-order valence-corrected chi connectivity index (χ4v) is 2.07. The minimum Gasteiger partial charge on any atom is -0.481 e. The molecule has 0 aliphatic carbocycles. The minimum atomic E-state index is -0.711. The smallest absolute Gasteiger partial charge is 0.303 e. The highest BCUT2D eigenvalue weighted by atomic mass is 16.4. The van der Waals surface area contributed by atoms with Crippen molar-refractivity contribution in [3.05, 3.63) is 29.3 Å². The second-order valence-electron chi connectivity index (χ2n) is 4.93. The van der Waals surface area contributed by atoms with Crippen LogP contribution in [0.3, 0.4) is 0 Å². The average molecular weight is 289 g/mol. The summed E-state index contributed by atoms with van der Waals surface area (Å²) in [5.74, 6) is -0.369. The van der Waals surface area contributed by atoms with Crippen molar-refractivity contribution in [2.45, 2.75) is 46.0 Å². The molecule has 0 saturated carbocycles. The number of carboxylic acids is 1. The van der Waals surface area contributed by atoms with Crippen molar-refractivity contribution in [2.75, 3.05) is 0 Å². The number of nitrogens with two attached hydrogens (primary N) is 1. The van der Waals surface area contributed by atoms with E-state index in [1.807, 2.05) is 19.1 Å². The van der Waals surface area contributed by atoms with Crippen LogP contribution in [0.25, 0.3) is 0 Å². The van der Waals surface area contributed by atoms with Crippen molar-refractivity contribution in [1.82, 2.24) is 0 Å². The Morgan fingerprint density at radius 3 is 2.57 bits per heavy atom. The molecule has 0 spiro atoms. The van der Waals surface area contributed by atoms with Crippen molar-refractivity contribution in [3.8, 4) is 0 Å². The lowest BCUT2D eigenvalue weighted by Gasteiger charge is -2.06. The highest BCUT2D eigenvalue weighted by Crippen LogP contribution is 2.29. The van der Waals surface area contributed by atoms with Gasteiger partial charge in [0.15, 0.2) is 0 Å². The SMILES string of the molecule is CCCC(=O)O.CCCCc1cccc2c1C(=N)C(N)=N2. The molecular formula is C16H23N3O2. The summed E-state index contributed by atoms with van der Waals surface area (Å²) >= 11 is 0. The van der Waals surface area contributed by atoms with Crippen molar-refractivity contribution in [2.24, 2.45) is 10.7 Å². The highest BCUT2D eigenvalue weighted by Gasteiger charge is 2.21. The van der Waals surface area contributed by atoms with Gasteiger partial charge in [0.25, 0.3) is 0 Å². The number of nitrogens with one attached hydrogen (secondary N) is 1. The Morgan fingerprint density at radius 1 is 1.33 bits per heavy atom. The van der Waals surface area contributed by atoms with Crippen LogP contribution in [-0.2, 0) is 11.2 Å². The molecule has 0 fully saturated rings. The summed E-state index contributed by atoms with van der Waals surface area (Å²) in [5.41, 5.74) is 9.02. The maximum atomic E-state index is 9.60. The number of carbonyl (C=O) groups is 1. The van der Waals surface area contributed by atoms with Gasteiger partial charge in [-0.15, -0.1) is 0 Å². The third kappa shape index (κ3) is 4.70. The summed E-state index contributed by atoms with van der Waals surface area (Å²) in [6.45, 7) is 4.01. The molecule has 0 amide bonds. The van der Waals surface area contributed by atoms with E-state index < -0.39 is 5.97 Å². The van der Waals surface area contributed by atoms with Gasteiger partial charge in [0, 0.05) is 12.0 Å². The number of aryl methyl sites for hydroxylation is 1. The largest absolute Gasteiger partial charge is 0.481 e. The van der Waals surface area contributed by atoms with Gasteiger partial charge < -0.3 is 10.8 Å². The third-order valence-corrected chi connectivity index (χ3v) is 3.14. The Labute approximate surface area is 125 Å². The highest BCUT2D eigenvalue weighted by molar-refractivity contribution is 6.50. The van der Waals surface area contributed by atoms with Gasteiger partial charge in [-0.3, -0.25) is 10.2 Å². The molecule has 0 unspecified atom stereocenters. The van der Waals surface area contributed by atoms with Crippen LogP contribution in [0.2, 0.25) is 0 Å². The van der Waals surface area contributed by atoms with Crippen molar-refractivity contribution in [1.29, 1.82) is 5.41 Å². The number of carboxylic acid groups (broad SMARTS) is 1. The van der Waals surface area contributed by atoms with E-state index in [0.717, 1.165) is 36.9 Å². The number of aliphatic carboxylic acids is 1. The minimum absolute atomic E-state index is 0.292. The van der Waals surface area contributed by atoms with Crippen LogP contribution >= 0.6 is 0 Å². The maximum Gasteiger partial charge on any atom is 0.303 e. The molecule has 2 rings (SSSR count). The lowest BCUT2D eigenvalue weighted by Crippen LogP contribution is -2.20. The molecule has 21 heavy (non-hydrogen) atoms. The number of fused-ring (bicyclic) bond motifs is 1. The Morgan fingerprint density at radius 2 is 2.05 bits per heavy atom. The van der Waals surface area contributed by atoms with Crippen LogP contribution < -0.4 is 5.73 Å². The van der Waals surface area contributed by atoms with E-state index in [1.54, 1.807) is 0 Å². The van der Waals surface area contributed by atoms with Crippen molar-refractivity contribution in [3.63, 3.8) is 0 Å². The van der Waals surface area contributed by atoms with Gasteiger partial charge in [-0.05, 0) is 30.9 Å². The zero-order valence-corrected chi connectivity index (χ0v) is 12.6. The number of hydrogen-bond acceptors (Lipinski definition) is 4. The average Bonchev–Trinajstić information content (AvgIpc) is 2.73. The molecule has 0 aromatic heterocycles. The number of amidine groups is 1. The second kappa shape index (κ2) is 8.19. The van der Waals surface area contributed by atoms with Crippen LogP contribution in [-0.4, -0.2) is 22.6 Å². The monoisotopic (exact) mass is 289 g/mol. The summed E-state index contributed by atoms with van der Waals surface area (Å²) < 4.78 is 0. The second-order valence-corrected chi connectivity index (χ2v) is 4.93. The van der Waals surface area contributed by atoms with Crippen LogP contribution in [0, 0.1) is 5.41 Å². The fraction of sp³-hybridized carbons (Fsp3) is 0.438. The standard InChI is InChI=1S/C12H15N3.C4H8O2/c1-2-3-5-8-6-4-7-9-10(8)11(13)12(14)15-9;1-2-3-4(5)6/h4,6-7H,2-3,5H2,1H3,(H3,13,14,15);2-3H2,1H3,(H,5,6). The predicted octanol–water partition coefficient (Wildman–Crippen LogP) is 3.27. The Kier molecular flexibility index (Phi) is 6.59. The summed E-state index contributed by atoms with van der Waals surface area (Å²) in [7, 11) is 0. The van der Waals surface area contributed by atoms with E-state index in [4.69, 9.17) is 16.2 Å². The third-order valence-electron chi connectivity index (χ3n) is 3.14. The molecule has 0 bridgehead atoms. The first-order valence-corrected chi connectivity index (χ1v) is 7.28. The molecule has 1 aliphatic heterocycles. The van der Waals surface area contributed by atoms with E-state index in [9.17, 15) is 4.79 Å². The Hall–Kier alpha value is -2.17. The molecule has 0 saturated heterocycles. The number of aliphatic imine (C=N–C) groups is 1. The molecule has 114 valence electrons. The first kappa shape index (κ1) is 16.9. The predicted molar refractivity (Wildman–Crippen MR) is 85.7 cm³/mol. The lowest BCUT2D eigenvalue weighted by molar-refractivity contribution is -0.137. The number of benzene rings is 1. The maximum absolute atomic E-state index is 9.60. The van der Waals surface area contributed by atoms with Crippen LogP contribution in [0.1, 0.15) is 50.7 Å². The van der Waals surface area contributed by atoms with Gasteiger partial charge in [-0.25, -0.2) is 4.99 Å². The van der Waals surface area contributed by atoms with Crippen LogP contribution in [0.4, 0.5) is 5.69 Å². The van der Waals surface area contributed by atoms with Gasteiger partial charge in [0.2, 0.25) is 0 Å². The molecule has 5 heteroatoms. The molecular weight excluding hydrogens is 266 g/mol. The van der Waals surface area contributed by atoms with E-state index in [0.29, 0.717) is 18.0 Å². The molecule has 4 N–H and O–H groups in total. The van der Waals surface area contributed by atoms with Gasteiger partial charge >= 0.3 is 5.97 Å². The van der Waals surface area contributed by atoms with E-state index in [-0.39, 0.29) is 0 Å². The first-order valence-electron chi connectivity index (χ1n) is 7.28. The molecule has 0 atom stereocenters. The lowest BCUT2D eigenvalue weighted by atomic mass is 9.98. The van der Waals surface area contributed by atoms with Gasteiger partial charge in [0.05, 0.1) is 5.69 Å². The van der Waals surface area contributed by atoms with Crippen LogP contribution in [0.5, 0.6) is 0 Å². The molecule has 1 aliphatic rings. The van der Waals surface area contributed by atoms with Crippen molar-refractivity contribution >= 4 is 23.2 Å². The first-order chi connectivity index (χ1) is 10.0. The van der Waals surface area contributed by atoms with E-state index in [1.165, 1.54) is 5.56 Å². The Bertz CT molecular complexity index is 550. The number of nitrogens with zero attached hydrogens (tertiary/aromatic N) is 1. The quantitative estimate of drug-likeness (QED) is 0.775. The van der Waals surface area contributed by atoms with E-state index in [2.05, 4.69) is 18.0 Å². The molecule has 0 radical (unpaired) electrons. The van der Waals surface area contributed by atoms with E-state index >= 15 is 0 Å². The van der Waals surface area contributed by atoms with Crippen LogP contribution in [0.15, 0.2) is 23.2 Å². The topological polar surface area (TPSA) is 99.5 Å². The molecule has 1 aromatic rings. The summed E-state index contributed by atoms with van der Waals surface area (Å²) in [5, 5.41) is 15.8. The molecule has 1 heterocycles. The molecule has 5 nitrogen and oxygen atoms in total. The van der Waals surface area contributed by atoms with Gasteiger partial charge in [-0.2, -0.15) is 0 Å². The summed E-state index contributed by atoms with van der Waals surface area (Å²) in [4.78, 5) is 13.8. The summed E-state index contributed by atoms with van der Waals surface area (Å²) in [6, 6.07) is 5.97. The normalized spacial score (nSPS) is 12.3. The van der Waals surface area contributed by atoms with Gasteiger partial charge in [-0.1, -0.05) is 32.4 Å².